The molecular formula is C17H23NO3. The molecule has 1 saturated heterocycles. The molecule has 0 spiro atoms. The van der Waals surface area contributed by atoms with Crippen LogP contribution in [-0.4, -0.2) is 34.0 Å². The number of rotatable bonds is 4. The maximum Gasteiger partial charge on any atom is 0.329 e. The van der Waals surface area contributed by atoms with Crippen molar-refractivity contribution in [3.8, 4) is 0 Å². The lowest BCUT2D eigenvalue weighted by atomic mass is 9.98. The number of hydrogen-bond donors (Lipinski definition) is 1. The number of aryl methyl sites for hydroxylation is 3. The lowest BCUT2D eigenvalue weighted by Crippen LogP contribution is -2.50. The van der Waals surface area contributed by atoms with Gasteiger partial charge in [-0.05, 0) is 51.2 Å². The Bertz CT molecular complexity index is 567. The van der Waals surface area contributed by atoms with Gasteiger partial charge in [-0.3, -0.25) is 4.79 Å². The molecule has 0 aromatic heterocycles. The van der Waals surface area contributed by atoms with E-state index in [2.05, 4.69) is 12.1 Å². The van der Waals surface area contributed by atoms with E-state index < -0.39 is 11.5 Å². The topological polar surface area (TPSA) is 57.6 Å². The number of carbonyl (C=O) groups is 2. The molecule has 4 nitrogen and oxygen atoms in total. The van der Waals surface area contributed by atoms with Gasteiger partial charge in [0.1, 0.15) is 5.54 Å². The van der Waals surface area contributed by atoms with E-state index >= 15 is 0 Å². The van der Waals surface area contributed by atoms with Gasteiger partial charge >= 0.3 is 5.97 Å². The first-order valence-electron chi connectivity index (χ1n) is 7.44. The highest BCUT2D eigenvalue weighted by molar-refractivity contribution is 5.87. The van der Waals surface area contributed by atoms with Crippen LogP contribution in [0.4, 0.5) is 0 Å². The van der Waals surface area contributed by atoms with Gasteiger partial charge in [-0.15, -0.1) is 0 Å². The van der Waals surface area contributed by atoms with Gasteiger partial charge in [0.05, 0.1) is 0 Å². The number of carboxylic acids is 1. The molecule has 2 rings (SSSR count). The van der Waals surface area contributed by atoms with Crippen LogP contribution in [0.5, 0.6) is 0 Å². The van der Waals surface area contributed by atoms with Gasteiger partial charge in [0.15, 0.2) is 0 Å². The van der Waals surface area contributed by atoms with Crippen molar-refractivity contribution < 1.29 is 14.7 Å². The molecule has 1 atom stereocenters. The second-order valence-electron chi connectivity index (χ2n) is 6.16. The molecule has 1 fully saturated rings. The van der Waals surface area contributed by atoms with Crippen LogP contribution in [0.25, 0.3) is 0 Å². The van der Waals surface area contributed by atoms with Crippen molar-refractivity contribution in [2.24, 2.45) is 0 Å². The van der Waals surface area contributed by atoms with Gasteiger partial charge in [-0.2, -0.15) is 0 Å². The Balaban J connectivity index is 2.03. The lowest BCUT2D eigenvalue weighted by molar-refractivity contribution is -0.155. The second kappa shape index (κ2) is 5.88. The van der Waals surface area contributed by atoms with Gasteiger partial charge in [0.2, 0.25) is 5.91 Å². The quantitative estimate of drug-likeness (QED) is 0.927. The highest BCUT2D eigenvalue weighted by Crippen LogP contribution is 2.30. The molecule has 21 heavy (non-hydrogen) atoms. The second-order valence-corrected chi connectivity index (χ2v) is 6.16. The summed E-state index contributed by atoms with van der Waals surface area (Å²) in [6.07, 6.45) is 2.33. The van der Waals surface area contributed by atoms with Crippen molar-refractivity contribution in [2.45, 2.75) is 52.0 Å². The van der Waals surface area contributed by atoms with E-state index in [9.17, 15) is 14.7 Å². The summed E-state index contributed by atoms with van der Waals surface area (Å²) in [7, 11) is 0. The summed E-state index contributed by atoms with van der Waals surface area (Å²) in [5.74, 6) is -0.961. The van der Waals surface area contributed by atoms with E-state index in [-0.39, 0.29) is 5.91 Å². The predicted molar refractivity (Wildman–Crippen MR) is 81.2 cm³/mol. The zero-order valence-electron chi connectivity index (χ0n) is 13.0. The number of likely N-dealkylation sites (tertiary alicyclic amines) is 1. The summed E-state index contributed by atoms with van der Waals surface area (Å²) < 4.78 is 0. The van der Waals surface area contributed by atoms with Crippen LogP contribution in [-0.2, 0) is 16.0 Å². The first-order valence-corrected chi connectivity index (χ1v) is 7.44. The van der Waals surface area contributed by atoms with Crippen molar-refractivity contribution in [2.75, 3.05) is 6.54 Å². The summed E-state index contributed by atoms with van der Waals surface area (Å²) in [6.45, 7) is 6.29. The summed E-state index contributed by atoms with van der Waals surface area (Å²) >= 11 is 0. The van der Waals surface area contributed by atoms with Gasteiger partial charge in [-0.25, -0.2) is 4.79 Å². The minimum Gasteiger partial charge on any atom is -0.480 e. The zero-order chi connectivity index (χ0) is 15.6. The Labute approximate surface area is 125 Å². The molecule has 0 saturated carbocycles. The normalized spacial score (nSPS) is 21.6. The summed E-state index contributed by atoms with van der Waals surface area (Å²) in [5.41, 5.74) is 2.52. The van der Waals surface area contributed by atoms with Crippen LogP contribution in [0.2, 0.25) is 0 Å². The Morgan fingerprint density at radius 2 is 2.05 bits per heavy atom. The van der Waals surface area contributed by atoms with E-state index in [1.807, 2.05) is 19.9 Å². The SMILES string of the molecule is Cc1ccc(CCC(=O)N2CCCC2(C)C(=O)O)c(C)c1. The molecule has 4 heteroatoms. The van der Waals surface area contributed by atoms with Gasteiger partial charge in [0, 0.05) is 13.0 Å². The zero-order valence-corrected chi connectivity index (χ0v) is 13.0. The van der Waals surface area contributed by atoms with Crippen LogP contribution < -0.4 is 0 Å². The standard InChI is InChI=1S/C17H23NO3/c1-12-5-6-14(13(2)11-12)7-8-15(19)18-10-4-9-17(18,3)16(20)21/h5-6,11H,4,7-10H2,1-3H3,(H,20,21). The predicted octanol–water partition coefficient (Wildman–Crippen LogP) is 2.70. The number of aliphatic carboxylic acids is 1. The van der Waals surface area contributed by atoms with Gasteiger partial charge in [0.25, 0.3) is 0 Å². The van der Waals surface area contributed by atoms with E-state index in [1.54, 1.807) is 11.8 Å². The number of benzene rings is 1. The van der Waals surface area contributed by atoms with Crippen LogP contribution >= 0.6 is 0 Å². The molecule has 1 heterocycles. The molecule has 1 aromatic rings. The first kappa shape index (κ1) is 15.5. The Morgan fingerprint density at radius 1 is 1.33 bits per heavy atom. The minimum atomic E-state index is -1.03. The average Bonchev–Trinajstić information content (AvgIpc) is 2.81. The monoisotopic (exact) mass is 289 g/mol. The fourth-order valence-corrected chi connectivity index (χ4v) is 3.09. The molecule has 0 radical (unpaired) electrons. The van der Waals surface area contributed by atoms with Crippen LogP contribution in [0, 0.1) is 13.8 Å². The molecule has 114 valence electrons. The van der Waals surface area contributed by atoms with Crippen LogP contribution in [0.3, 0.4) is 0 Å². The lowest BCUT2D eigenvalue weighted by Gasteiger charge is -2.31. The molecular weight excluding hydrogens is 266 g/mol. The van der Waals surface area contributed by atoms with E-state index in [1.165, 1.54) is 11.1 Å². The van der Waals surface area contributed by atoms with E-state index in [0.717, 1.165) is 12.0 Å². The Kier molecular flexibility index (Phi) is 4.35. The molecule has 1 amide bonds. The third kappa shape index (κ3) is 3.09. The fraction of sp³-hybridized carbons (Fsp3) is 0.529. The molecule has 0 aliphatic carbocycles. The summed E-state index contributed by atoms with van der Waals surface area (Å²) in [4.78, 5) is 25.3. The summed E-state index contributed by atoms with van der Waals surface area (Å²) in [6, 6.07) is 6.21. The Hall–Kier alpha value is -1.84. The van der Waals surface area contributed by atoms with Gasteiger partial charge in [-0.1, -0.05) is 23.8 Å². The third-order valence-electron chi connectivity index (χ3n) is 4.51. The van der Waals surface area contributed by atoms with Crippen LogP contribution in [0.1, 0.15) is 42.9 Å². The number of amides is 1. The largest absolute Gasteiger partial charge is 0.480 e. The molecule has 1 aromatic carbocycles. The van der Waals surface area contributed by atoms with Crippen molar-refractivity contribution in [3.05, 3.63) is 34.9 Å². The van der Waals surface area contributed by atoms with E-state index in [0.29, 0.717) is 25.8 Å². The maximum atomic E-state index is 12.4. The maximum absolute atomic E-state index is 12.4. The van der Waals surface area contributed by atoms with Crippen molar-refractivity contribution in [3.63, 3.8) is 0 Å². The molecule has 0 bridgehead atoms. The third-order valence-corrected chi connectivity index (χ3v) is 4.51. The van der Waals surface area contributed by atoms with E-state index in [4.69, 9.17) is 0 Å². The number of hydrogen-bond acceptors (Lipinski definition) is 2. The minimum absolute atomic E-state index is 0.0580. The number of nitrogens with zero attached hydrogens (tertiary/aromatic N) is 1. The molecule has 1 aliphatic rings. The number of carbonyl (C=O) groups excluding carboxylic acids is 1. The smallest absolute Gasteiger partial charge is 0.329 e. The van der Waals surface area contributed by atoms with Crippen molar-refractivity contribution >= 4 is 11.9 Å². The molecule has 1 unspecified atom stereocenters. The first-order chi connectivity index (χ1) is 9.84. The van der Waals surface area contributed by atoms with Gasteiger partial charge < -0.3 is 10.0 Å². The summed E-state index contributed by atoms with van der Waals surface area (Å²) in [5, 5.41) is 9.36. The highest BCUT2D eigenvalue weighted by Gasteiger charge is 2.45. The van der Waals surface area contributed by atoms with Crippen molar-refractivity contribution in [1.82, 2.24) is 4.90 Å². The van der Waals surface area contributed by atoms with Crippen molar-refractivity contribution in [1.29, 1.82) is 0 Å². The van der Waals surface area contributed by atoms with Crippen LogP contribution in [0.15, 0.2) is 18.2 Å². The average molecular weight is 289 g/mol. The number of carboxylic acid groups (broad SMARTS) is 1. The molecule has 1 N–H and O–H groups in total. The highest BCUT2D eigenvalue weighted by atomic mass is 16.4. The fourth-order valence-electron chi connectivity index (χ4n) is 3.09. The Morgan fingerprint density at radius 3 is 2.67 bits per heavy atom. The molecule has 1 aliphatic heterocycles.